The third-order valence-corrected chi connectivity index (χ3v) is 5.44. The van der Waals surface area contributed by atoms with Crippen molar-refractivity contribution in [1.29, 1.82) is 0 Å². The number of thiophene rings is 1. The largest absolute Gasteiger partial charge is 0.495 e. The van der Waals surface area contributed by atoms with Crippen LogP contribution in [0, 0.1) is 0 Å². The minimum Gasteiger partial charge on any atom is -0.495 e. The summed E-state index contributed by atoms with van der Waals surface area (Å²) in [5.74, 6) is 0.749. The van der Waals surface area contributed by atoms with Crippen molar-refractivity contribution in [1.82, 2.24) is 10.2 Å². The number of benzene rings is 1. The number of hydrogen-bond donors (Lipinski definition) is 1. The molecule has 1 fully saturated rings. The van der Waals surface area contributed by atoms with Crippen LogP contribution in [0.3, 0.4) is 0 Å². The average molecular weight is 330 g/mol. The van der Waals surface area contributed by atoms with Gasteiger partial charge in [0.1, 0.15) is 10.6 Å². The number of carbonyl (C=O) groups excluding carboxylic acids is 1. The van der Waals surface area contributed by atoms with E-state index in [4.69, 9.17) is 4.74 Å². The highest BCUT2D eigenvalue weighted by Crippen LogP contribution is 2.37. The standard InChI is InChI=1S/C18H22N2O2S/c1-19-14-9-6-10-20(12-14)18(21)17-15(22-2)11-16(23-17)13-7-4-3-5-8-13/h3-5,7-8,11,14,19H,6,9-10,12H2,1-2H3. The van der Waals surface area contributed by atoms with Gasteiger partial charge in [-0.2, -0.15) is 0 Å². The Morgan fingerprint density at radius 2 is 2.13 bits per heavy atom. The molecule has 0 radical (unpaired) electrons. The predicted molar refractivity (Wildman–Crippen MR) is 94.3 cm³/mol. The van der Waals surface area contributed by atoms with Crippen LogP contribution in [0.4, 0.5) is 0 Å². The second-order valence-electron chi connectivity index (χ2n) is 5.75. The zero-order chi connectivity index (χ0) is 16.2. The lowest BCUT2D eigenvalue weighted by molar-refractivity contribution is 0.0700. The second-order valence-corrected chi connectivity index (χ2v) is 6.81. The van der Waals surface area contributed by atoms with Crippen molar-refractivity contribution < 1.29 is 9.53 Å². The Labute approximate surface area is 141 Å². The van der Waals surface area contributed by atoms with Gasteiger partial charge in [-0.25, -0.2) is 0 Å². The predicted octanol–water partition coefficient (Wildman–Crippen LogP) is 3.25. The third-order valence-electron chi connectivity index (χ3n) is 4.29. The molecule has 3 rings (SSSR count). The van der Waals surface area contributed by atoms with Gasteiger partial charge >= 0.3 is 0 Å². The molecule has 1 atom stereocenters. The fraction of sp³-hybridized carbons (Fsp3) is 0.389. The van der Waals surface area contributed by atoms with Gasteiger partial charge in [0.15, 0.2) is 0 Å². The highest BCUT2D eigenvalue weighted by atomic mass is 32.1. The molecule has 2 aromatic rings. The van der Waals surface area contributed by atoms with Gasteiger partial charge in [-0.15, -0.1) is 11.3 Å². The zero-order valence-corrected chi connectivity index (χ0v) is 14.4. The SMILES string of the molecule is CNC1CCCN(C(=O)c2sc(-c3ccccc3)cc2OC)C1. The van der Waals surface area contributed by atoms with E-state index in [1.54, 1.807) is 7.11 Å². The Morgan fingerprint density at radius 3 is 2.83 bits per heavy atom. The van der Waals surface area contributed by atoms with Crippen LogP contribution in [0.1, 0.15) is 22.5 Å². The summed E-state index contributed by atoms with van der Waals surface area (Å²) in [7, 11) is 3.58. The summed E-state index contributed by atoms with van der Waals surface area (Å²) >= 11 is 1.51. The molecule has 1 N–H and O–H groups in total. The maximum atomic E-state index is 12.9. The lowest BCUT2D eigenvalue weighted by Crippen LogP contribution is -2.46. The summed E-state index contributed by atoms with van der Waals surface area (Å²) in [6.07, 6.45) is 2.16. The summed E-state index contributed by atoms with van der Waals surface area (Å²) in [5, 5.41) is 3.28. The lowest BCUT2D eigenvalue weighted by Gasteiger charge is -2.32. The van der Waals surface area contributed by atoms with Crippen molar-refractivity contribution in [2.24, 2.45) is 0 Å². The van der Waals surface area contributed by atoms with Crippen molar-refractivity contribution in [3.63, 3.8) is 0 Å². The van der Waals surface area contributed by atoms with E-state index >= 15 is 0 Å². The van der Waals surface area contributed by atoms with Crippen molar-refractivity contribution >= 4 is 17.2 Å². The average Bonchev–Trinajstić information content (AvgIpc) is 3.06. The van der Waals surface area contributed by atoms with Gasteiger partial charge in [-0.05, 0) is 31.5 Å². The normalized spacial score (nSPS) is 18.0. The summed E-state index contributed by atoms with van der Waals surface area (Å²) in [6.45, 7) is 1.58. The van der Waals surface area contributed by atoms with Crippen molar-refractivity contribution in [2.45, 2.75) is 18.9 Å². The molecule has 1 aromatic carbocycles. The molecule has 1 amide bonds. The van der Waals surface area contributed by atoms with Gasteiger partial charge in [-0.3, -0.25) is 4.79 Å². The first-order valence-electron chi connectivity index (χ1n) is 7.92. The highest BCUT2D eigenvalue weighted by molar-refractivity contribution is 7.17. The molecule has 5 heteroatoms. The molecule has 1 aromatic heterocycles. The first kappa shape index (κ1) is 16.0. The van der Waals surface area contributed by atoms with E-state index in [-0.39, 0.29) is 5.91 Å². The van der Waals surface area contributed by atoms with Gasteiger partial charge < -0.3 is 15.0 Å². The number of rotatable bonds is 4. The topological polar surface area (TPSA) is 41.6 Å². The molecule has 1 saturated heterocycles. The van der Waals surface area contributed by atoms with E-state index in [0.717, 1.165) is 36.4 Å². The number of amides is 1. The van der Waals surface area contributed by atoms with E-state index < -0.39 is 0 Å². The second kappa shape index (κ2) is 7.15. The van der Waals surface area contributed by atoms with Gasteiger partial charge in [-0.1, -0.05) is 30.3 Å². The molecule has 23 heavy (non-hydrogen) atoms. The van der Waals surface area contributed by atoms with E-state index in [2.05, 4.69) is 17.4 Å². The Balaban J connectivity index is 1.87. The molecule has 1 aliphatic rings. The Kier molecular flexibility index (Phi) is 4.98. The van der Waals surface area contributed by atoms with Crippen molar-refractivity contribution in [3.05, 3.63) is 41.3 Å². The number of nitrogens with zero attached hydrogens (tertiary/aromatic N) is 1. The summed E-state index contributed by atoms with van der Waals surface area (Å²) in [6, 6.07) is 12.5. The van der Waals surface area contributed by atoms with Gasteiger partial charge in [0.2, 0.25) is 0 Å². The van der Waals surface area contributed by atoms with Crippen LogP contribution in [-0.4, -0.2) is 44.1 Å². The van der Waals surface area contributed by atoms with E-state index in [1.165, 1.54) is 11.3 Å². The number of hydrogen-bond acceptors (Lipinski definition) is 4. The first-order valence-corrected chi connectivity index (χ1v) is 8.74. The fourth-order valence-corrected chi connectivity index (χ4v) is 4.06. The van der Waals surface area contributed by atoms with Crippen LogP contribution < -0.4 is 10.1 Å². The van der Waals surface area contributed by atoms with Crippen LogP contribution in [0.5, 0.6) is 5.75 Å². The first-order chi connectivity index (χ1) is 11.2. The van der Waals surface area contributed by atoms with Crippen LogP contribution in [0.25, 0.3) is 10.4 Å². The molecule has 122 valence electrons. The summed E-state index contributed by atoms with van der Waals surface area (Å²) in [5.41, 5.74) is 1.11. The minimum absolute atomic E-state index is 0.0778. The van der Waals surface area contributed by atoms with Gasteiger partial charge in [0.05, 0.1) is 7.11 Å². The van der Waals surface area contributed by atoms with Crippen molar-refractivity contribution in [3.8, 4) is 16.2 Å². The fourth-order valence-electron chi connectivity index (χ4n) is 2.96. The smallest absolute Gasteiger partial charge is 0.267 e. The zero-order valence-electron chi connectivity index (χ0n) is 13.5. The molecule has 0 aliphatic carbocycles. The van der Waals surface area contributed by atoms with Crippen LogP contribution in [0.15, 0.2) is 36.4 Å². The number of ether oxygens (including phenoxy) is 1. The monoisotopic (exact) mass is 330 g/mol. The molecule has 0 bridgehead atoms. The molecule has 1 unspecified atom stereocenters. The van der Waals surface area contributed by atoms with Crippen LogP contribution in [0.2, 0.25) is 0 Å². The molecule has 2 heterocycles. The number of likely N-dealkylation sites (tertiary alicyclic amines) is 1. The Hall–Kier alpha value is -1.85. The summed E-state index contributed by atoms with van der Waals surface area (Å²) in [4.78, 5) is 16.6. The number of carbonyl (C=O) groups is 1. The maximum Gasteiger partial charge on any atom is 0.267 e. The van der Waals surface area contributed by atoms with Crippen molar-refractivity contribution in [2.75, 3.05) is 27.2 Å². The lowest BCUT2D eigenvalue weighted by atomic mass is 10.1. The summed E-state index contributed by atoms with van der Waals surface area (Å²) < 4.78 is 5.46. The third kappa shape index (κ3) is 3.41. The Bertz CT molecular complexity index is 669. The molecular weight excluding hydrogens is 308 g/mol. The van der Waals surface area contributed by atoms with E-state index in [9.17, 15) is 4.79 Å². The highest BCUT2D eigenvalue weighted by Gasteiger charge is 2.27. The number of nitrogens with one attached hydrogen (secondary N) is 1. The molecule has 4 nitrogen and oxygen atoms in total. The van der Waals surface area contributed by atoms with Gasteiger partial charge in [0, 0.05) is 24.0 Å². The maximum absolute atomic E-state index is 12.9. The number of likely N-dealkylation sites (N-methyl/N-ethyl adjacent to an activating group) is 1. The van der Waals surface area contributed by atoms with E-state index in [0.29, 0.717) is 16.7 Å². The quantitative estimate of drug-likeness (QED) is 0.936. The molecule has 0 spiro atoms. The van der Waals surface area contributed by atoms with Gasteiger partial charge in [0.25, 0.3) is 5.91 Å². The van der Waals surface area contributed by atoms with Crippen LogP contribution in [-0.2, 0) is 0 Å². The minimum atomic E-state index is 0.0778. The number of methoxy groups -OCH3 is 1. The molecule has 1 aliphatic heterocycles. The van der Waals surface area contributed by atoms with Crippen LogP contribution >= 0.6 is 11.3 Å². The molecule has 0 saturated carbocycles. The number of piperidine rings is 1. The molecular formula is C18H22N2O2S. The Morgan fingerprint density at radius 1 is 1.35 bits per heavy atom. The van der Waals surface area contributed by atoms with E-state index in [1.807, 2.05) is 36.2 Å².